The van der Waals surface area contributed by atoms with Crippen LogP contribution in [0.25, 0.3) is 0 Å². The molecule has 0 saturated heterocycles. The SMILES string of the molecule is CC(C)(C)c1csc(CC(O)c2ccc(Cl)c(F)c2)n1. The van der Waals surface area contributed by atoms with E-state index in [9.17, 15) is 9.50 Å². The topological polar surface area (TPSA) is 33.1 Å². The predicted molar refractivity (Wildman–Crippen MR) is 80.9 cm³/mol. The quantitative estimate of drug-likeness (QED) is 0.904. The van der Waals surface area contributed by atoms with E-state index in [1.54, 1.807) is 6.07 Å². The van der Waals surface area contributed by atoms with Crippen LogP contribution < -0.4 is 0 Å². The van der Waals surface area contributed by atoms with Crippen LogP contribution in [0.3, 0.4) is 0 Å². The highest BCUT2D eigenvalue weighted by atomic mass is 35.5. The fourth-order valence-electron chi connectivity index (χ4n) is 1.75. The number of aromatic nitrogens is 1. The molecule has 0 aliphatic carbocycles. The first kappa shape index (κ1) is 15.4. The van der Waals surface area contributed by atoms with Crippen molar-refractivity contribution in [3.63, 3.8) is 0 Å². The average molecular weight is 314 g/mol. The molecule has 0 radical (unpaired) electrons. The Hall–Kier alpha value is -0.970. The molecule has 0 aliphatic rings. The second-order valence-electron chi connectivity index (χ2n) is 5.77. The fraction of sp³-hybridized carbons (Fsp3) is 0.400. The third-order valence-corrected chi connectivity index (χ3v) is 4.19. The van der Waals surface area contributed by atoms with Crippen molar-refractivity contribution >= 4 is 22.9 Å². The third kappa shape index (κ3) is 3.57. The zero-order chi connectivity index (χ0) is 14.9. The lowest BCUT2D eigenvalue weighted by molar-refractivity contribution is 0.178. The molecule has 2 nitrogen and oxygen atoms in total. The van der Waals surface area contributed by atoms with Crippen molar-refractivity contribution in [1.82, 2.24) is 4.98 Å². The number of hydrogen-bond acceptors (Lipinski definition) is 3. The number of aliphatic hydroxyl groups excluding tert-OH is 1. The minimum absolute atomic E-state index is 0.00785. The molecule has 1 atom stereocenters. The maximum Gasteiger partial charge on any atom is 0.142 e. The van der Waals surface area contributed by atoms with E-state index in [4.69, 9.17) is 11.6 Å². The summed E-state index contributed by atoms with van der Waals surface area (Å²) in [5, 5.41) is 13.1. The maximum absolute atomic E-state index is 13.4. The molecular weight excluding hydrogens is 297 g/mol. The Morgan fingerprint density at radius 3 is 2.65 bits per heavy atom. The van der Waals surface area contributed by atoms with Crippen LogP contribution in [0.2, 0.25) is 5.02 Å². The molecule has 0 amide bonds. The van der Waals surface area contributed by atoms with Gasteiger partial charge in [-0.3, -0.25) is 0 Å². The van der Waals surface area contributed by atoms with Crippen molar-refractivity contribution in [3.05, 3.63) is 50.7 Å². The summed E-state index contributed by atoms with van der Waals surface area (Å²) >= 11 is 7.15. The predicted octanol–water partition coefficient (Wildman–Crippen LogP) is 4.51. The van der Waals surface area contributed by atoms with Gasteiger partial charge in [0.05, 0.1) is 21.8 Å². The monoisotopic (exact) mass is 313 g/mol. The van der Waals surface area contributed by atoms with Crippen LogP contribution in [-0.2, 0) is 11.8 Å². The molecule has 5 heteroatoms. The number of hydrogen-bond donors (Lipinski definition) is 1. The summed E-state index contributed by atoms with van der Waals surface area (Å²) in [6.45, 7) is 6.28. The zero-order valence-electron chi connectivity index (χ0n) is 11.7. The van der Waals surface area contributed by atoms with Gasteiger partial charge in [-0.25, -0.2) is 9.37 Å². The van der Waals surface area contributed by atoms with Gasteiger partial charge in [0.15, 0.2) is 0 Å². The molecule has 0 fully saturated rings. The largest absolute Gasteiger partial charge is 0.388 e. The number of benzene rings is 1. The second-order valence-corrected chi connectivity index (χ2v) is 7.12. The molecule has 2 rings (SSSR count). The summed E-state index contributed by atoms with van der Waals surface area (Å²) in [5.74, 6) is -0.516. The van der Waals surface area contributed by atoms with E-state index >= 15 is 0 Å². The van der Waals surface area contributed by atoms with Crippen LogP contribution >= 0.6 is 22.9 Å². The summed E-state index contributed by atoms with van der Waals surface area (Å²) in [7, 11) is 0. The van der Waals surface area contributed by atoms with Crippen LogP contribution in [0.15, 0.2) is 23.6 Å². The van der Waals surface area contributed by atoms with E-state index < -0.39 is 11.9 Å². The summed E-state index contributed by atoms with van der Waals surface area (Å²) in [6.07, 6.45) is -0.400. The fourth-order valence-corrected chi connectivity index (χ4v) is 2.93. The highest BCUT2D eigenvalue weighted by molar-refractivity contribution is 7.09. The van der Waals surface area contributed by atoms with Crippen molar-refractivity contribution < 1.29 is 9.50 Å². The van der Waals surface area contributed by atoms with Crippen LogP contribution in [0.4, 0.5) is 4.39 Å². The lowest BCUT2D eigenvalue weighted by atomic mass is 9.93. The van der Waals surface area contributed by atoms with Gasteiger partial charge in [0.2, 0.25) is 0 Å². The van der Waals surface area contributed by atoms with Gasteiger partial charge in [-0.15, -0.1) is 11.3 Å². The molecule has 108 valence electrons. The van der Waals surface area contributed by atoms with Crippen LogP contribution in [-0.4, -0.2) is 10.1 Å². The highest BCUT2D eigenvalue weighted by Crippen LogP contribution is 2.27. The zero-order valence-corrected chi connectivity index (χ0v) is 13.2. The molecule has 1 unspecified atom stereocenters. The van der Waals surface area contributed by atoms with Crippen LogP contribution in [0.5, 0.6) is 0 Å². The van der Waals surface area contributed by atoms with E-state index in [1.807, 2.05) is 5.38 Å². The Labute approximate surface area is 127 Å². The van der Waals surface area contributed by atoms with Gasteiger partial charge in [0.1, 0.15) is 5.82 Å². The van der Waals surface area contributed by atoms with Gasteiger partial charge >= 0.3 is 0 Å². The van der Waals surface area contributed by atoms with E-state index in [0.717, 1.165) is 10.7 Å². The molecule has 1 aromatic heterocycles. The van der Waals surface area contributed by atoms with Crippen molar-refractivity contribution in [3.8, 4) is 0 Å². The summed E-state index contributed by atoms with van der Waals surface area (Å²) in [5.41, 5.74) is 1.51. The van der Waals surface area contributed by atoms with Crippen molar-refractivity contribution in [2.45, 2.75) is 38.7 Å². The molecule has 0 bridgehead atoms. The molecule has 0 saturated carbocycles. The normalized spacial score (nSPS) is 13.5. The van der Waals surface area contributed by atoms with E-state index in [0.29, 0.717) is 12.0 Å². The molecule has 0 aliphatic heterocycles. The molecule has 1 N–H and O–H groups in total. The van der Waals surface area contributed by atoms with Gasteiger partial charge in [-0.2, -0.15) is 0 Å². The maximum atomic E-state index is 13.4. The summed E-state index contributed by atoms with van der Waals surface area (Å²) in [6, 6.07) is 4.36. The molecular formula is C15H17ClFNOS. The minimum Gasteiger partial charge on any atom is -0.388 e. The van der Waals surface area contributed by atoms with E-state index in [2.05, 4.69) is 25.8 Å². The van der Waals surface area contributed by atoms with Crippen molar-refractivity contribution in [1.29, 1.82) is 0 Å². The van der Waals surface area contributed by atoms with Gasteiger partial charge in [-0.1, -0.05) is 38.4 Å². The first-order chi connectivity index (χ1) is 9.27. The summed E-state index contributed by atoms with van der Waals surface area (Å²) in [4.78, 5) is 4.53. The Balaban J connectivity index is 2.13. The first-order valence-electron chi connectivity index (χ1n) is 6.35. The Bertz CT molecular complexity index is 606. The van der Waals surface area contributed by atoms with Crippen molar-refractivity contribution in [2.24, 2.45) is 0 Å². The number of thiazole rings is 1. The lowest BCUT2D eigenvalue weighted by Crippen LogP contribution is -2.12. The number of halogens is 2. The molecule has 1 heterocycles. The van der Waals surface area contributed by atoms with E-state index in [1.165, 1.54) is 23.5 Å². The van der Waals surface area contributed by atoms with Crippen LogP contribution in [0, 0.1) is 5.82 Å². The Morgan fingerprint density at radius 2 is 2.10 bits per heavy atom. The highest BCUT2D eigenvalue weighted by Gasteiger charge is 2.19. The molecule has 2 aromatic rings. The standard InChI is InChI=1S/C15H17ClFNOS/c1-15(2,3)13-8-20-14(18-13)7-12(19)9-4-5-10(16)11(17)6-9/h4-6,8,12,19H,7H2,1-3H3. The first-order valence-corrected chi connectivity index (χ1v) is 7.61. The van der Waals surface area contributed by atoms with Gasteiger partial charge in [0.25, 0.3) is 0 Å². The van der Waals surface area contributed by atoms with Gasteiger partial charge in [-0.05, 0) is 17.7 Å². The molecule has 1 aromatic carbocycles. The Morgan fingerprint density at radius 1 is 1.40 bits per heavy atom. The molecule has 20 heavy (non-hydrogen) atoms. The van der Waals surface area contributed by atoms with Gasteiger partial charge < -0.3 is 5.11 Å². The lowest BCUT2D eigenvalue weighted by Gasteiger charge is -2.14. The molecule has 0 spiro atoms. The van der Waals surface area contributed by atoms with E-state index in [-0.39, 0.29) is 10.4 Å². The Kier molecular flexibility index (Phi) is 4.47. The summed E-state index contributed by atoms with van der Waals surface area (Å²) < 4.78 is 13.4. The van der Waals surface area contributed by atoms with Crippen LogP contribution in [0.1, 0.15) is 43.1 Å². The smallest absolute Gasteiger partial charge is 0.142 e. The van der Waals surface area contributed by atoms with Crippen molar-refractivity contribution in [2.75, 3.05) is 0 Å². The number of aliphatic hydroxyl groups is 1. The second kappa shape index (κ2) is 5.80. The van der Waals surface area contributed by atoms with Gasteiger partial charge in [0, 0.05) is 17.2 Å². The third-order valence-electron chi connectivity index (χ3n) is 3.02. The average Bonchev–Trinajstić information content (AvgIpc) is 2.81. The number of nitrogens with zero attached hydrogens (tertiary/aromatic N) is 1. The minimum atomic E-state index is -0.777. The number of rotatable bonds is 3.